The third-order valence-corrected chi connectivity index (χ3v) is 3.69. The predicted octanol–water partition coefficient (Wildman–Crippen LogP) is 5.31. The Bertz CT molecular complexity index is 598. The second-order valence-corrected chi connectivity index (χ2v) is 7.24. The van der Waals surface area contributed by atoms with E-state index in [0.29, 0.717) is 0 Å². The summed E-state index contributed by atoms with van der Waals surface area (Å²) < 4.78 is 175. The quantitative estimate of drug-likeness (QED) is 0.184. The smallest absolute Gasteiger partial charge is 0.460 e. The van der Waals surface area contributed by atoms with Gasteiger partial charge in [-0.2, -0.15) is 52.7 Å². The molecule has 0 saturated carbocycles. The summed E-state index contributed by atoms with van der Waals surface area (Å²) in [5, 5.41) is 0. The van der Waals surface area contributed by atoms with Crippen molar-refractivity contribution in [3.63, 3.8) is 0 Å². The molecule has 7 nitrogen and oxygen atoms in total. The molecule has 0 spiro atoms. The van der Waals surface area contributed by atoms with Crippen LogP contribution in [0.25, 0.3) is 0 Å². The summed E-state index contributed by atoms with van der Waals surface area (Å²) >= 11 is 0. The summed E-state index contributed by atoms with van der Waals surface area (Å²) in [5.41, 5.74) is 0. The fourth-order valence-corrected chi connectivity index (χ4v) is 2.53. The average molecular weight is 553 g/mol. The summed E-state index contributed by atoms with van der Waals surface area (Å²) in [4.78, 5) is 22.6. The SMILES string of the molecule is O=C(CO[P+](=O)OCC(=O)OC(CC(F)(F)F)CC(F)(F)F)OC(CC(F)(F)F)CC(F)(F)F. The fourth-order valence-electron chi connectivity index (χ4n) is 2.03. The molecule has 0 aliphatic carbocycles. The molecule has 0 aromatic carbocycles. The minimum atomic E-state index is -5.15. The van der Waals surface area contributed by atoms with E-state index in [1.165, 1.54) is 0 Å². The molecule has 0 atom stereocenters. The van der Waals surface area contributed by atoms with Gasteiger partial charge in [-0.1, -0.05) is 0 Å². The topological polar surface area (TPSA) is 88.1 Å². The van der Waals surface area contributed by atoms with Crippen molar-refractivity contribution >= 4 is 20.2 Å². The standard InChI is InChI=1S/C14H14F12O7P/c15-11(16,17)1-7(2-12(18,19)20)32-9(27)5-30-34(29)31-6-10(28)33-8(3-13(21,22)23)4-14(24,25)26/h7-8H,1-6H2/q+1. The molecule has 0 bridgehead atoms. The van der Waals surface area contributed by atoms with Gasteiger partial charge in [-0.15, -0.1) is 9.05 Å². The van der Waals surface area contributed by atoms with Crippen LogP contribution in [0.15, 0.2) is 0 Å². The van der Waals surface area contributed by atoms with Crippen LogP contribution in [0.2, 0.25) is 0 Å². The van der Waals surface area contributed by atoms with Gasteiger partial charge in [-0.25, -0.2) is 9.59 Å². The Morgan fingerprint density at radius 3 is 1.00 bits per heavy atom. The Balaban J connectivity index is 4.64. The molecule has 0 rings (SSSR count). The molecule has 0 fully saturated rings. The van der Waals surface area contributed by atoms with Crippen molar-refractivity contribution in [3.05, 3.63) is 0 Å². The van der Waals surface area contributed by atoms with Gasteiger partial charge in [0.25, 0.3) is 0 Å². The molecule has 20 heteroatoms. The van der Waals surface area contributed by atoms with E-state index in [9.17, 15) is 66.8 Å². The lowest BCUT2D eigenvalue weighted by atomic mass is 10.2. The van der Waals surface area contributed by atoms with Crippen molar-refractivity contribution in [1.82, 2.24) is 0 Å². The van der Waals surface area contributed by atoms with E-state index in [-0.39, 0.29) is 0 Å². The van der Waals surface area contributed by atoms with Crippen molar-refractivity contribution < 1.29 is 85.4 Å². The van der Waals surface area contributed by atoms with E-state index in [2.05, 4.69) is 18.5 Å². The maximum atomic E-state index is 12.3. The number of carbonyl (C=O) groups excluding carboxylic acids is 2. The number of ether oxygens (including phenoxy) is 2. The van der Waals surface area contributed by atoms with Gasteiger partial charge in [0.1, 0.15) is 12.2 Å². The molecule has 0 unspecified atom stereocenters. The first-order chi connectivity index (χ1) is 15.0. The lowest BCUT2D eigenvalue weighted by Gasteiger charge is -2.20. The summed E-state index contributed by atoms with van der Waals surface area (Å²) in [6.45, 7) is -3.08. The molecule has 0 aliphatic heterocycles. The molecule has 0 aromatic heterocycles. The summed E-state index contributed by atoms with van der Waals surface area (Å²) in [5.74, 6) is -3.72. The molecule has 0 aliphatic rings. The maximum Gasteiger partial charge on any atom is 0.698 e. The van der Waals surface area contributed by atoms with Crippen LogP contribution in [-0.2, 0) is 32.7 Å². The monoisotopic (exact) mass is 553 g/mol. The molecule has 0 N–H and O–H groups in total. The van der Waals surface area contributed by atoms with Crippen LogP contribution in [0.1, 0.15) is 25.7 Å². The first kappa shape index (κ1) is 32.1. The van der Waals surface area contributed by atoms with E-state index in [1.807, 2.05) is 0 Å². The van der Waals surface area contributed by atoms with Crippen LogP contribution in [0.5, 0.6) is 0 Å². The van der Waals surface area contributed by atoms with E-state index in [0.717, 1.165) is 0 Å². The van der Waals surface area contributed by atoms with Crippen molar-refractivity contribution in [2.24, 2.45) is 0 Å². The molecule has 0 aromatic rings. The van der Waals surface area contributed by atoms with Crippen molar-refractivity contribution in [2.45, 2.75) is 62.6 Å². The highest BCUT2D eigenvalue weighted by molar-refractivity contribution is 7.33. The summed E-state index contributed by atoms with van der Waals surface area (Å²) in [6.07, 6.45) is -34.7. The van der Waals surface area contributed by atoms with Gasteiger partial charge >= 0.3 is 44.9 Å². The molecule has 0 radical (unpaired) electrons. The van der Waals surface area contributed by atoms with Crippen LogP contribution < -0.4 is 0 Å². The molecule has 200 valence electrons. The van der Waals surface area contributed by atoms with Gasteiger partial charge in [0, 0.05) is 4.57 Å². The Hall–Kier alpha value is -1.88. The number of esters is 2. The first-order valence-corrected chi connectivity index (χ1v) is 9.53. The third-order valence-electron chi connectivity index (χ3n) is 3.01. The first-order valence-electron chi connectivity index (χ1n) is 8.44. The van der Waals surface area contributed by atoms with Crippen molar-refractivity contribution in [3.8, 4) is 0 Å². The van der Waals surface area contributed by atoms with Gasteiger partial charge in [-0.05, 0) is 0 Å². The zero-order valence-corrected chi connectivity index (χ0v) is 17.1. The normalized spacial score (nSPS) is 13.4. The van der Waals surface area contributed by atoms with Gasteiger partial charge in [0.15, 0.2) is 0 Å². The Kier molecular flexibility index (Phi) is 12.0. The second kappa shape index (κ2) is 12.7. The summed E-state index contributed by atoms with van der Waals surface area (Å²) in [7, 11) is -3.54. The minimum Gasteiger partial charge on any atom is -0.460 e. The number of halogens is 12. The Labute approximate surface area is 182 Å². The van der Waals surface area contributed by atoms with E-state index in [1.54, 1.807) is 0 Å². The highest BCUT2D eigenvalue weighted by atomic mass is 31.1. The highest BCUT2D eigenvalue weighted by Crippen LogP contribution is 2.32. The largest absolute Gasteiger partial charge is 0.698 e. The van der Waals surface area contributed by atoms with Gasteiger partial charge in [-0.3, -0.25) is 0 Å². The van der Waals surface area contributed by atoms with E-state index in [4.69, 9.17) is 0 Å². The minimum absolute atomic E-state index is 1.54. The van der Waals surface area contributed by atoms with Crippen LogP contribution in [0.3, 0.4) is 0 Å². The van der Waals surface area contributed by atoms with Crippen molar-refractivity contribution in [1.29, 1.82) is 0 Å². The molecule has 0 amide bonds. The van der Waals surface area contributed by atoms with Gasteiger partial charge < -0.3 is 9.47 Å². The van der Waals surface area contributed by atoms with Crippen LogP contribution >= 0.6 is 8.25 Å². The van der Waals surface area contributed by atoms with E-state index < -0.39 is 96.0 Å². The molecular formula is C14H14F12O7P+. The zero-order chi connectivity index (χ0) is 27.0. The number of rotatable bonds is 12. The summed E-state index contributed by atoms with van der Waals surface area (Å²) in [6, 6.07) is 0. The molecule has 0 saturated heterocycles. The number of hydrogen-bond donors (Lipinski definition) is 0. The van der Waals surface area contributed by atoms with E-state index >= 15 is 0 Å². The third kappa shape index (κ3) is 19.6. The lowest BCUT2D eigenvalue weighted by molar-refractivity contribution is -0.201. The van der Waals surface area contributed by atoms with Crippen LogP contribution in [0, 0.1) is 0 Å². The van der Waals surface area contributed by atoms with Crippen LogP contribution in [0.4, 0.5) is 52.7 Å². The maximum absolute atomic E-state index is 12.3. The molecular weight excluding hydrogens is 539 g/mol. The number of carbonyl (C=O) groups is 2. The number of hydrogen-bond acceptors (Lipinski definition) is 7. The average Bonchev–Trinajstić information content (AvgIpc) is 2.51. The fraction of sp³-hybridized carbons (Fsp3) is 0.857. The number of alkyl halides is 12. The zero-order valence-electron chi connectivity index (χ0n) is 16.2. The predicted molar refractivity (Wildman–Crippen MR) is 82.0 cm³/mol. The lowest BCUT2D eigenvalue weighted by Crippen LogP contribution is -2.31. The van der Waals surface area contributed by atoms with Gasteiger partial charge in [0.2, 0.25) is 13.2 Å². The van der Waals surface area contributed by atoms with Crippen LogP contribution in [-0.4, -0.2) is 62.1 Å². The van der Waals surface area contributed by atoms with Gasteiger partial charge in [0.05, 0.1) is 25.7 Å². The van der Waals surface area contributed by atoms with Crippen molar-refractivity contribution in [2.75, 3.05) is 13.2 Å². The molecule has 0 heterocycles. The second-order valence-electron chi connectivity index (χ2n) is 6.27. The molecule has 34 heavy (non-hydrogen) atoms. The Morgan fingerprint density at radius 1 is 0.559 bits per heavy atom. The Morgan fingerprint density at radius 2 is 0.794 bits per heavy atom. The highest BCUT2D eigenvalue weighted by Gasteiger charge is 2.42.